The van der Waals surface area contributed by atoms with Gasteiger partial charge in [-0.25, -0.2) is 4.98 Å². The van der Waals surface area contributed by atoms with Crippen molar-refractivity contribution in [1.29, 1.82) is 0 Å². The fourth-order valence-corrected chi connectivity index (χ4v) is 4.07. The van der Waals surface area contributed by atoms with E-state index in [1.54, 1.807) is 17.9 Å². The Morgan fingerprint density at radius 3 is 2.82 bits per heavy atom. The number of aryl methyl sites for hydroxylation is 1. The monoisotopic (exact) mass is 383 g/mol. The molecule has 2 aromatic rings. The second-order valence-corrected chi connectivity index (χ2v) is 7.60. The summed E-state index contributed by atoms with van der Waals surface area (Å²) >= 11 is 0. The number of likely N-dealkylation sites (tertiary alicyclic amines) is 1. The van der Waals surface area contributed by atoms with Crippen LogP contribution in [0.25, 0.3) is 0 Å². The Morgan fingerprint density at radius 1 is 1.21 bits per heavy atom. The predicted molar refractivity (Wildman–Crippen MR) is 101 cm³/mol. The third kappa shape index (κ3) is 3.85. The molecule has 0 radical (unpaired) electrons. The van der Waals surface area contributed by atoms with E-state index in [0.29, 0.717) is 39.1 Å². The van der Waals surface area contributed by atoms with E-state index in [4.69, 9.17) is 4.74 Å². The van der Waals surface area contributed by atoms with Gasteiger partial charge in [-0.1, -0.05) is 18.2 Å². The minimum absolute atomic E-state index is 0.0225. The number of ether oxygens (including phenoxy) is 1. The van der Waals surface area contributed by atoms with E-state index in [1.807, 2.05) is 34.1 Å². The lowest BCUT2D eigenvalue weighted by atomic mass is 9.91. The van der Waals surface area contributed by atoms with Crippen molar-refractivity contribution in [2.45, 2.75) is 44.9 Å². The zero-order chi connectivity index (χ0) is 19.6. The number of benzene rings is 1. The summed E-state index contributed by atoms with van der Waals surface area (Å²) in [5.74, 6) is 0.905. The SMILES string of the molecule is CC(=O)N1Cc2ccccc2OC2(CCCN(C(=O)CCn3cncn3)C2)C1. The van der Waals surface area contributed by atoms with Crippen molar-refractivity contribution in [2.75, 3.05) is 19.6 Å². The van der Waals surface area contributed by atoms with Gasteiger partial charge in [-0.15, -0.1) is 0 Å². The van der Waals surface area contributed by atoms with E-state index in [-0.39, 0.29) is 11.8 Å². The number of aromatic nitrogens is 3. The third-order valence-corrected chi connectivity index (χ3v) is 5.50. The second-order valence-electron chi connectivity index (χ2n) is 7.60. The highest BCUT2D eigenvalue weighted by atomic mass is 16.5. The first-order valence-electron chi connectivity index (χ1n) is 9.67. The molecule has 148 valence electrons. The zero-order valence-corrected chi connectivity index (χ0v) is 16.1. The normalized spacial score (nSPS) is 21.8. The molecule has 0 aliphatic carbocycles. The molecule has 0 bridgehead atoms. The summed E-state index contributed by atoms with van der Waals surface area (Å²) < 4.78 is 8.14. The maximum Gasteiger partial charge on any atom is 0.224 e. The van der Waals surface area contributed by atoms with Crippen LogP contribution < -0.4 is 4.74 Å². The van der Waals surface area contributed by atoms with Gasteiger partial charge in [0.2, 0.25) is 11.8 Å². The van der Waals surface area contributed by atoms with Gasteiger partial charge >= 0.3 is 0 Å². The molecule has 28 heavy (non-hydrogen) atoms. The van der Waals surface area contributed by atoms with E-state index in [2.05, 4.69) is 10.1 Å². The van der Waals surface area contributed by atoms with Crippen molar-refractivity contribution in [2.24, 2.45) is 0 Å². The molecule has 1 saturated heterocycles. The number of carbonyl (C=O) groups is 2. The first-order chi connectivity index (χ1) is 13.5. The molecule has 4 rings (SSSR count). The van der Waals surface area contributed by atoms with Crippen molar-refractivity contribution in [1.82, 2.24) is 24.6 Å². The summed E-state index contributed by atoms with van der Waals surface area (Å²) in [6, 6.07) is 7.85. The lowest BCUT2D eigenvalue weighted by Gasteiger charge is -2.43. The molecule has 2 aliphatic rings. The van der Waals surface area contributed by atoms with E-state index in [1.165, 1.54) is 6.33 Å². The molecule has 1 aromatic heterocycles. The number of hydrogen-bond donors (Lipinski definition) is 0. The average molecular weight is 383 g/mol. The summed E-state index contributed by atoms with van der Waals surface area (Å²) in [6.07, 6.45) is 5.11. The molecular formula is C20H25N5O3. The fourth-order valence-electron chi connectivity index (χ4n) is 4.07. The zero-order valence-electron chi connectivity index (χ0n) is 16.1. The van der Waals surface area contributed by atoms with Crippen LogP contribution >= 0.6 is 0 Å². The number of amides is 2. The number of hydrogen-bond acceptors (Lipinski definition) is 5. The molecular weight excluding hydrogens is 358 g/mol. The lowest BCUT2D eigenvalue weighted by molar-refractivity contribution is -0.140. The van der Waals surface area contributed by atoms with E-state index >= 15 is 0 Å². The smallest absolute Gasteiger partial charge is 0.224 e. The number of piperidine rings is 1. The predicted octanol–water partition coefficient (Wildman–Crippen LogP) is 1.47. The molecule has 8 heteroatoms. The second kappa shape index (κ2) is 7.61. The van der Waals surface area contributed by atoms with Gasteiger partial charge in [-0.3, -0.25) is 14.3 Å². The maximum absolute atomic E-state index is 12.8. The van der Waals surface area contributed by atoms with Gasteiger partial charge in [0.25, 0.3) is 0 Å². The molecule has 2 amide bonds. The van der Waals surface area contributed by atoms with Crippen molar-refractivity contribution >= 4 is 11.8 Å². The van der Waals surface area contributed by atoms with Gasteiger partial charge in [-0.05, 0) is 18.9 Å². The van der Waals surface area contributed by atoms with Crippen molar-refractivity contribution < 1.29 is 14.3 Å². The Kier molecular flexibility index (Phi) is 5.02. The minimum Gasteiger partial charge on any atom is -0.483 e. The molecule has 3 heterocycles. The van der Waals surface area contributed by atoms with Crippen LogP contribution in [0.5, 0.6) is 5.75 Å². The average Bonchev–Trinajstić information content (AvgIpc) is 3.15. The number of nitrogens with zero attached hydrogens (tertiary/aromatic N) is 5. The van der Waals surface area contributed by atoms with Crippen molar-refractivity contribution in [3.8, 4) is 5.75 Å². The number of rotatable bonds is 3. The summed E-state index contributed by atoms with van der Waals surface area (Å²) in [7, 11) is 0. The first kappa shape index (κ1) is 18.5. The highest BCUT2D eigenvalue weighted by Crippen LogP contribution is 2.34. The summed E-state index contributed by atoms with van der Waals surface area (Å²) in [5, 5.41) is 4.05. The number of fused-ring (bicyclic) bond motifs is 1. The van der Waals surface area contributed by atoms with Crippen LogP contribution in [0.1, 0.15) is 31.7 Å². The van der Waals surface area contributed by atoms with E-state index in [0.717, 1.165) is 24.2 Å². The Bertz CT molecular complexity index is 853. The molecule has 1 spiro atoms. The minimum atomic E-state index is -0.570. The van der Waals surface area contributed by atoms with Gasteiger partial charge in [0.15, 0.2) is 0 Å². The van der Waals surface area contributed by atoms with E-state index in [9.17, 15) is 9.59 Å². The third-order valence-electron chi connectivity index (χ3n) is 5.50. The molecule has 8 nitrogen and oxygen atoms in total. The molecule has 1 fully saturated rings. The number of para-hydroxylation sites is 1. The summed E-state index contributed by atoms with van der Waals surface area (Å²) in [5.41, 5.74) is 0.434. The van der Waals surface area contributed by atoms with Crippen LogP contribution in [0.15, 0.2) is 36.9 Å². The fraction of sp³-hybridized carbons (Fsp3) is 0.500. The largest absolute Gasteiger partial charge is 0.483 e. The van der Waals surface area contributed by atoms with Crippen LogP contribution in [-0.4, -0.2) is 61.6 Å². The molecule has 0 saturated carbocycles. The Hall–Kier alpha value is -2.90. The molecule has 0 N–H and O–H groups in total. The van der Waals surface area contributed by atoms with Crippen molar-refractivity contribution in [3.05, 3.63) is 42.5 Å². The first-order valence-corrected chi connectivity index (χ1v) is 9.67. The van der Waals surface area contributed by atoms with Crippen LogP contribution in [-0.2, 0) is 22.7 Å². The lowest BCUT2D eigenvalue weighted by Crippen LogP contribution is -2.58. The highest BCUT2D eigenvalue weighted by molar-refractivity contribution is 5.76. The highest BCUT2D eigenvalue weighted by Gasteiger charge is 2.43. The maximum atomic E-state index is 12.8. The summed E-state index contributed by atoms with van der Waals surface area (Å²) in [6.45, 7) is 4.32. The topological polar surface area (TPSA) is 80.6 Å². The van der Waals surface area contributed by atoms with Gasteiger partial charge in [0.1, 0.15) is 24.0 Å². The summed E-state index contributed by atoms with van der Waals surface area (Å²) in [4.78, 5) is 32.6. The van der Waals surface area contributed by atoms with Crippen LogP contribution in [0.2, 0.25) is 0 Å². The molecule has 1 unspecified atom stereocenters. The van der Waals surface area contributed by atoms with Gasteiger partial charge in [-0.2, -0.15) is 5.10 Å². The van der Waals surface area contributed by atoms with Crippen molar-refractivity contribution in [3.63, 3.8) is 0 Å². The van der Waals surface area contributed by atoms with Gasteiger partial charge in [0, 0.05) is 32.0 Å². The van der Waals surface area contributed by atoms with Crippen LogP contribution in [0.4, 0.5) is 0 Å². The Balaban J connectivity index is 1.52. The van der Waals surface area contributed by atoms with Crippen LogP contribution in [0.3, 0.4) is 0 Å². The molecule has 1 aromatic carbocycles. The van der Waals surface area contributed by atoms with E-state index < -0.39 is 5.60 Å². The van der Waals surface area contributed by atoms with Crippen LogP contribution in [0, 0.1) is 0 Å². The van der Waals surface area contributed by atoms with Gasteiger partial charge in [0.05, 0.1) is 19.6 Å². The standard InChI is InChI=1S/C20H25N5O3/c1-16(26)24-11-17-5-2-3-6-18(17)28-20(13-24)8-4-9-23(12-20)19(27)7-10-25-15-21-14-22-25/h2-3,5-6,14-15H,4,7-13H2,1H3. The number of carbonyl (C=O) groups excluding carboxylic acids is 2. The van der Waals surface area contributed by atoms with Gasteiger partial charge < -0.3 is 14.5 Å². The molecule has 1 atom stereocenters. The quantitative estimate of drug-likeness (QED) is 0.802. The molecule has 2 aliphatic heterocycles. The Labute approximate surface area is 164 Å². The Morgan fingerprint density at radius 2 is 2.04 bits per heavy atom.